The van der Waals surface area contributed by atoms with Gasteiger partial charge in [-0.2, -0.15) is 0 Å². The first-order valence-electron chi connectivity index (χ1n) is 14.3. The van der Waals surface area contributed by atoms with Crippen LogP contribution in [-0.2, 0) is 4.79 Å². The normalized spacial score (nSPS) is 10.7. The van der Waals surface area contributed by atoms with E-state index in [9.17, 15) is 14.7 Å². The fraction of sp³-hybridized carbons (Fsp3) is 0.724. The quantitative estimate of drug-likeness (QED) is 0.0971. The topological polar surface area (TPSA) is 99.7 Å². The lowest BCUT2D eigenvalue weighted by atomic mass is 10.0. The van der Waals surface area contributed by atoms with Crippen LogP contribution in [0.3, 0.4) is 0 Å². The van der Waals surface area contributed by atoms with Crippen LogP contribution in [0, 0.1) is 0 Å². The van der Waals surface area contributed by atoms with Crippen LogP contribution in [0.25, 0.3) is 0 Å². The van der Waals surface area contributed by atoms with E-state index in [0.717, 1.165) is 12.8 Å². The number of nitrogens with one attached hydrogen (secondary N) is 3. The summed E-state index contributed by atoms with van der Waals surface area (Å²) < 4.78 is 5.43. The highest BCUT2D eigenvalue weighted by Crippen LogP contribution is 2.16. The molecule has 0 fully saturated rings. The van der Waals surface area contributed by atoms with E-state index in [2.05, 4.69) is 22.9 Å². The zero-order valence-electron chi connectivity index (χ0n) is 22.6. The van der Waals surface area contributed by atoms with Crippen molar-refractivity contribution in [2.75, 3.05) is 19.8 Å². The summed E-state index contributed by atoms with van der Waals surface area (Å²) in [5.41, 5.74) is 0. The van der Waals surface area contributed by atoms with E-state index in [1.165, 1.54) is 102 Å². The van der Waals surface area contributed by atoms with Gasteiger partial charge in [0.2, 0.25) is 5.91 Å². The van der Waals surface area contributed by atoms with E-state index in [4.69, 9.17) is 4.74 Å². The molecule has 7 heteroatoms. The summed E-state index contributed by atoms with van der Waals surface area (Å²) in [5, 5.41) is 17.3. The number of rotatable bonds is 23. The summed E-state index contributed by atoms with van der Waals surface area (Å²) in [6, 6.07) is 6.06. The second kappa shape index (κ2) is 23.0. The van der Waals surface area contributed by atoms with Crippen molar-refractivity contribution in [3.63, 3.8) is 0 Å². The Hall–Kier alpha value is -2.44. The number of hydrogen-bond donors (Lipinski definition) is 4. The van der Waals surface area contributed by atoms with Gasteiger partial charge in [-0.1, -0.05) is 103 Å². The second-order valence-electron chi connectivity index (χ2n) is 9.61. The van der Waals surface area contributed by atoms with Gasteiger partial charge in [0.05, 0.1) is 19.7 Å². The van der Waals surface area contributed by atoms with Gasteiger partial charge in [0.15, 0.2) is 0 Å². The zero-order chi connectivity index (χ0) is 26.1. The molecule has 3 amide bonds. The van der Waals surface area contributed by atoms with Crippen LogP contribution in [0.2, 0.25) is 0 Å². The Morgan fingerprint density at radius 1 is 0.694 bits per heavy atom. The second-order valence-corrected chi connectivity index (χ2v) is 9.61. The van der Waals surface area contributed by atoms with Crippen molar-refractivity contribution in [1.82, 2.24) is 16.0 Å². The highest BCUT2D eigenvalue weighted by molar-refractivity contribution is 5.77. The van der Waals surface area contributed by atoms with Gasteiger partial charge in [-0.05, 0) is 30.7 Å². The monoisotopic (exact) mass is 505 g/mol. The molecule has 0 radical (unpaired) electrons. The molecule has 0 aliphatic rings. The third-order valence-electron chi connectivity index (χ3n) is 6.28. The molecule has 36 heavy (non-hydrogen) atoms. The third-order valence-corrected chi connectivity index (χ3v) is 6.28. The Kier molecular flexibility index (Phi) is 20.2. The smallest absolute Gasteiger partial charge is 0.316 e. The molecular weight excluding hydrogens is 454 g/mol. The van der Waals surface area contributed by atoms with Crippen LogP contribution in [0.1, 0.15) is 116 Å². The van der Waals surface area contributed by atoms with Crippen molar-refractivity contribution in [2.45, 2.75) is 116 Å². The van der Waals surface area contributed by atoms with Gasteiger partial charge < -0.3 is 25.8 Å². The largest absolute Gasteiger partial charge is 0.508 e. The van der Waals surface area contributed by atoms with E-state index in [0.29, 0.717) is 12.3 Å². The number of carbonyl (C=O) groups is 2. The minimum atomic E-state index is -0.267. The third kappa shape index (κ3) is 19.8. The predicted octanol–water partition coefficient (Wildman–Crippen LogP) is 6.80. The molecule has 7 nitrogen and oxygen atoms in total. The molecule has 0 unspecified atom stereocenters. The summed E-state index contributed by atoms with van der Waals surface area (Å²) in [4.78, 5) is 23.6. The van der Waals surface area contributed by atoms with E-state index in [1.54, 1.807) is 12.1 Å². The lowest BCUT2D eigenvalue weighted by Crippen LogP contribution is -2.43. The van der Waals surface area contributed by atoms with Crippen LogP contribution < -0.4 is 20.7 Å². The minimum Gasteiger partial charge on any atom is -0.508 e. The Balaban J connectivity index is 1.79. The van der Waals surface area contributed by atoms with E-state index in [1.807, 2.05) is 0 Å². The molecule has 0 aliphatic heterocycles. The van der Waals surface area contributed by atoms with Gasteiger partial charge in [-0.25, -0.2) is 4.79 Å². The first-order valence-corrected chi connectivity index (χ1v) is 14.3. The summed E-state index contributed by atoms with van der Waals surface area (Å²) in [5.74, 6) is 0.554. The Bertz CT molecular complexity index is 667. The van der Waals surface area contributed by atoms with Gasteiger partial charge in [0, 0.05) is 6.54 Å². The van der Waals surface area contributed by atoms with Gasteiger partial charge in [0.1, 0.15) is 11.5 Å². The SMILES string of the molecule is CCCCCCCCCCCCCCCCCCNC(=O)NCNC(=O)CCOc1ccc(O)cc1. The van der Waals surface area contributed by atoms with Gasteiger partial charge in [0.25, 0.3) is 0 Å². The number of benzene rings is 1. The molecular formula is C29H51N3O4. The lowest BCUT2D eigenvalue weighted by molar-refractivity contribution is -0.121. The standard InChI is InChI=1S/C29H51N3O4/c1-2-3-4-5-6-7-8-9-10-11-12-13-14-15-16-17-23-30-29(35)32-25-31-28(34)22-24-36-27-20-18-26(33)19-21-27/h18-21,33H,2-17,22-25H2,1H3,(H,31,34)(H2,30,32,35). The molecule has 0 aliphatic carbocycles. The van der Waals surface area contributed by atoms with E-state index < -0.39 is 0 Å². The maximum absolute atomic E-state index is 11.8. The number of carbonyl (C=O) groups excluding carboxylic acids is 2. The van der Waals surface area contributed by atoms with E-state index in [-0.39, 0.29) is 37.4 Å². The molecule has 0 atom stereocenters. The highest BCUT2D eigenvalue weighted by atomic mass is 16.5. The first-order chi connectivity index (χ1) is 17.6. The van der Waals surface area contributed by atoms with Crippen LogP contribution >= 0.6 is 0 Å². The Labute approximate surface area is 219 Å². The molecule has 0 aromatic heterocycles. The summed E-state index contributed by atoms with van der Waals surface area (Å²) in [6.45, 7) is 3.23. The lowest BCUT2D eigenvalue weighted by Gasteiger charge is -2.10. The Morgan fingerprint density at radius 2 is 1.19 bits per heavy atom. The number of aromatic hydroxyl groups is 1. The number of urea groups is 1. The van der Waals surface area contributed by atoms with Crippen molar-refractivity contribution in [2.24, 2.45) is 0 Å². The molecule has 1 aromatic rings. The molecule has 1 rings (SSSR count). The average molecular weight is 506 g/mol. The average Bonchev–Trinajstić information content (AvgIpc) is 2.87. The number of hydrogen-bond acceptors (Lipinski definition) is 4. The van der Waals surface area contributed by atoms with Gasteiger partial charge in [-0.3, -0.25) is 4.79 Å². The maximum atomic E-state index is 11.8. The number of phenols is 1. The van der Waals surface area contributed by atoms with Crippen LogP contribution in [0.5, 0.6) is 11.5 Å². The molecule has 0 spiro atoms. The highest BCUT2D eigenvalue weighted by Gasteiger charge is 2.04. The van der Waals surface area contributed by atoms with Crippen molar-refractivity contribution >= 4 is 11.9 Å². The number of amides is 3. The van der Waals surface area contributed by atoms with Crippen LogP contribution in [0.4, 0.5) is 4.79 Å². The minimum absolute atomic E-state index is 0.0861. The van der Waals surface area contributed by atoms with Crippen LogP contribution in [-0.4, -0.2) is 36.9 Å². The molecule has 206 valence electrons. The molecule has 4 N–H and O–H groups in total. The Morgan fingerprint density at radius 3 is 1.72 bits per heavy atom. The zero-order valence-corrected chi connectivity index (χ0v) is 22.6. The number of ether oxygens (including phenoxy) is 1. The molecule has 0 saturated heterocycles. The predicted molar refractivity (Wildman–Crippen MR) is 147 cm³/mol. The number of phenolic OH excluding ortho intramolecular Hbond substituents is 1. The molecule has 0 saturated carbocycles. The number of unbranched alkanes of at least 4 members (excludes halogenated alkanes) is 15. The van der Waals surface area contributed by atoms with Gasteiger partial charge in [-0.15, -0.1) is 0 Å². The van der Waals surface area contributed by atoms with Crippen molar-refractivity contribution in [1.29, 1.82) is 0 Å². The first kappa shape index (κ1) is 31.6. The molecule has 0 bridgehead atoms. The summed E-state index contributed by atoms with van der Waals surface area (Å²) in [7, 11) is 0. The molecule has 1 aromatic carbocycles. The van der Waals surface area contributed by atoms with Crippen LogP contribution in [0.15, 0.2) is 24.3 Å². The fourth-order valence-electron chi connectivity index (χ4n) is 4.05. The maximum Gasteiger partial charge on any atom is 0.316 e. The van der Waals surface area contributed by atoms with Crippen molar-refractivity contribution in [3.8, 4) is 11.5 Å². The summed E-state index contributed by atoms with van der Waals surface area (Å²) in [6.07, 6.45) is 21.5. The van der Waals surface area contributed by atoms with Gasteiger partial charge >= 0.3 is 6.03 Å². The molecule has 0 heterocycles. The summed E-state index contributed by atoms with van der Waals surface area (Å²) >= 11 is 0. The van der Waals surface area contributed by atoms with E-state index >= 15 is 0 Å². The fourth-order valence-corrected chi connectivity index (χ4v) is 4.05. The van der Waals surface area contributed by atoms with Crippen molar-refractivity contribution < 1.29 is 19.4 Å². The van der Waals surface area contributed by atoms with Crippen molar-refractivity contribution in [3.05, 3.63) is 24.3 Å².